The van der Waals surface area contributed by atoms with E-state index >= 15 is 0 Å². The molecule has 122 valence electrons. The highest BCUT2D eigenvalue weighted by atomic mass is 32.1. The van der Waals surface area contributed by atoms with Crippen LogP contribution in [0.2, 0.25) is 0 Å². The first-order chi connectivity index (χ1) is 11.7. The SMILES string of the molecule is CC(C)c1ccc(OCc2ccccc2)c(-c2csc(C=O)n2)c1. The average Bonchev–Trinajstić information content (AvgIpc) is 3.09. The average molecular weight is 337 g/mol. The zero-order valence-electron chi connectivity index (χ0n) is 13.7. The van der Waals surface area contributed by atoms with Crippen molar-refractivity contribution in [3.63, 3.8) is 0 Å². The van der Waals surface area contributed by atoms with Gasteiger partial charge in [0.05, 0.1) is 5.69 Å². The van der Waals surface area contributed by atoms with Gasteiger partial charge in [-0.3, -0.25) is 4.79 Å². The third-order valence-corrected chi connectivity index (χ3v) is 4.58. The molecule has 3 aromatic rings. The third kappa shape index (κ3) is 3.71. The predicted octanol–water partition coefficient (Wildman–Crippen LogP) is 5.33. The number of aldehydes is 1. The van der Waals surface area contributed by atoms with Crippen LogP contribution in [0, 0.1) is 0 Å². The van der Waals surface area contributed by atoms with Gasteiger partial charge in [-0.2, -0.15) is 0 Å². The molecule has 0 spiro atoms. The number of rotatable bonds is 6. The minimum Gasteiger partial charge on any atom is -0.488 e. The molecule has 0 aliphatic carbocycles. The summed E-state index contributed by atoms with van der Waals surface area (Å²) in [5, 5.41) is 2.38. The molecule has 0 radical (unpaired) electrons. The lowest BCUT2D eigenvalue weighted by atomic mass is 9.99. The maximum atomic E-state index is 10.9. The molecule has 1 aromatic heterocycles. The molecule has 0 amide bonds. The Labute approximate surface area is 146 Å². The van der Waals surface area contributed by atoms with Crippen molar-refractivity contribution in [1.82, 2.24) is 4.98 Å². The summed E-state index contributed by atoms with van der Waals surface area (Å²) in [5.74, 6) is 1.20. The standard InChI is InChI=1S/C20H19NO2S/c1-14(2)16-8-9-19(23-12-15-6-4-3-5-7-15)17(10-16)18-13-24-20(11-22)21-18/h3-11,13-14H,12H2,1-2H3. The van der Waals surface area contributed by atoms with Crippen molar-refractivity contribution in [2.45, 2.75) is 26.4 Å². The van der Waals surface area contributed by atoms with Crippen LogP contribution >= 0.6 is 11.3 Å². The fraction of sp³-hybridized carbons (Fsp3) is 0.200. The minimum atomic E-state index is 0.413. The van der Waals surface area contributed by atoms with Gasteiger partial charge in [-0.05, 0) is 29.2 Å². The van der Waals surface area contributed by atoms with E-state index < -0.39 is 0 Å². The van der Waals surface area contributed by atoms with E-state index in [-0.39, 0.29) is 0 Å². The van der Waals surface area contributed by atoms with Gasteiger partial charge in [-0.15, -0.1) is 11.3 Å². The van der Waals surface area contributed by atoms with E-state index in [0.717, 1.165) is 28.9 Å². The van der Waals surface area contributed by atoms with Crippen LogP contribution in [0.25, 0.3) is 11.3 Å². The lowest BCUT2D eigenvalue weighted by Gasteiger charge is -2.14. The summed E-state index contributed by atoms with van der Waals surface area (Å²) in [6.07, 6.45) is 0.783. The van der Waals surface area contributed by atoms with E-state index in [4.69, 9.17) is 4.74 Å². The Morgan fingerprint density at radius 3 is 2.62 bits per heavy atom. The molecule has 0 saturated heterocycles. The number of aromatic nitrogens is 1. The maximum Gasteiger partial charge on any atom is 0.178 e. The van der Waals surface area contributed by atoms with Gasteiger partial charge < -0.3 is 4.74 Å². The Balaban J connectivity index is 1.93. The van der Waals surface area contributed by atoms with Crippen molar-refractivity contribution < 1.29 is 9.53 Å². The van der Waals surface area contributed by atoms with Gasteiger partial charge in [0, 0.05) is 10.9 Å². The maximum absolute atomic E-state index is 10.9. The summed E-state index contributed by atoms with van der Waals surface area (Å²) in [6, 6.07) is 16.2. The zero-order valence-corrected chi connectivity index (χ0v) is 14.5. The number of hydrogen-bond donors (Lipinski definition) is 0. The zero-order chi connectivity index (χ0) is 16.9. The van der Waals surface area contributed by atoms with Gasteiger partial charge in [0.2, 0.25) is 0 Å². The van der Waals surface area contributed by atoms with Gasteiger partial charge in [0.1, 0.15) is 12.4 Å². The van der Waals surface area contributed by atoms with Crippen molar-refractivity contribution >= 4 is 17.6 Å². The number of nitrogens with zero attached hydrogens (tertiary/aromatic N) is 1. The summed E-state index contributed by atoms with van der Waals surface area (Å²) in [6.45, 7) is 4.81. The lowest BCUT2D eigenvalue weighted by Crippen LogP contribution is -1.98. The normalized spacial score (nSPS) is 10.8. The molecule has 0 aliphatic rings. The van der Waals surface area contributed by atoms with Crippen molar-refractivity contribution in [3.8, 4) is 17.0 Å². The van der Waals surface area contributed by atoms with Crippen LogP contribution in [-0.4, -0.2) is 11.3 Å². The molecule has 0 fully saturated rings. The Hall–Kier alpha value is -2.46. The summed E-state index contributed by atoms with van der Waals surface area (Å²) < 4.78 is 6.03. The van der Waals surface area contributed by atoms with Gasteiger partial charge in [0.15, 0.2) is 11.3 Å². The van der Waals surface area contributed by atoms with Gasteiger partial charge in [-0.25, -0.2) is 4.98 Å². The molecule has 3 rings (SSSR count). The van der Waals surface area contributed by atoms with E-state index in [1.165, 1.54) is 16.9 Å². The number of benzene rings is 2. The van der Waals surface area contributed by atoms with Crippen LogP contribution in [0.5, 0.6) is 5.75 Å². The van der Waals surface area contributed by atoms with Gasteiger partial charge in [0.25, 0.3) is 0 Å². The van der Waals surface area contributed by atoms with E-state index in [9.17, 15) is 4.79 Å². The molecule has 0 saturated carbocycles. The van der Waals surface area contributed by atoms with Crippen LogP contribution in [0.3, 0.4) is 0 Å². The number of thiazole rings is 1. The third-order valence-electron chi connectivity index (χ3n) is 3.81. The van der Waals surface area contributed by atoms with Gasteiger partial charge in [-0.1, -0.05) is 50.2 Å². The predicted molar refractivity (Wildman–Crippen MR) is 97.8 cm³/mol. The van der Waals surface area contributed by atoms with E-state index in [0.29, 0.717) is 17.5 Å². The Bertz CT molecular complexity index is 825. The van der Waals surface area contributed by atoms with E-state index in [1.807, 2.05) is 41.8 Å². The highest BCUT2D eigenvalue weighted by Crippen LogP contribution is 2.34. The van der Waals surface area contributed by atoms with Crippen molar-refractivity contribution in [3.05, 3.63) is 70.0 Å². The number of carbonyl (C=O) groups excluding carboxylic acids is 1. The molecule has 0 atom stereocenters. The molecule has 1 heterocycles. The van der Waals surface area contributed by atoms with Gasteiger partial charge >= 0.3 is 0 Å². The Morgan fingerprint density at radius 2 is 1.96 bits per heavy atom. The summed E-state index contributed by atoms with van der Waals surface area (Å²) in [4.78, 5) is 15.3. The van der Waals surface area contributed by atoms with E-state index in [1.54, 1.807) is 0 Å². The number of hydrogen-bond acceptors (Lipinski definition) is 4. The smallest absolute Gasteiger partial charge is 0.178 e. The van der Waals surface area contributed by atoms with Crippen molar-refractivity contribution in [1.29, 1.82) is 0 Å². The largest absolute Gasteiger partial charge is 0.488 e. The fourth-order valence-electron chi connectivity index (χ4n) is 2.43. The first kappa shape index (κ1) is 16.4. The van der Waals surface area contributed by atoms with Crippen molar-refractivity contribution in [2.75, 3.05) is 0 Å². The first-order valence-corrected chi connectivity index (χ1v) is 8.77. The molecule has 0 aliphatic heterocycles. The second-order valence-electron chi connectivity index (χ2n) is 5.87. The van der Waals surface area contributed by atoms with Crippen LogP contribution < -0.4 is 4.74 Å². The highest BCUT2D eigenvalue weighted by Gasteiger charge is 2.13. The lowest BCUT2D eigenvalue weighted by molar-refractivity contribution is 0.112. The molecule has 4 heteroatoms. The second-order valence-corrected chi connectivity index (χ2v) is 6.76. The number of carbonyl (C=O) groups is 1. The monoisotopic (exact) mass is 337 g/mol. The molecule has 0 bridgehead atoms. The molecule has 2 aromatic carbocycles. The van der Waals surface area contributed by atoms with E-state index in [2.05, 4.69) is 31.0 Å². The Morgan fingerprint density at radius 1 is 1.17 bits per heavy atom. The molecule has 0 N–H and O–H groups in total. The minimum absolute atomic E-state index is 0.413. The molecule has 0 unspecified atom stereocenters. The molecule has 3 nitrogen and oxygen atoms in total. The number of ether oxygens (including phenoxy) is 1. The first-order valence-electron chi connectivity index (χ1n) is 7.89. The summed E-state index contributed by atoms with van der Waals surface area (Å²) in [5.41, 5.74) is 4.05. The summed E-state index contributed by atoms with van der Waals surface area (Å²) >= 11 is 1.35. The van der Waals surface area contributed by atoms with Crippen LogP contribution in [-0.2, 0) is 6.61 Å². The van der Waals surface area contributed by atoms with Crippen LogP contribution in [0.15, 0.2) is 53.9 Å². The topological polar surface area (TPSA) is 39.2 Å². The molecular weight excluding hydrogens is 318 g/mol. The molecular formula is C20H19NO2S. The van der Waals surface area contributed by atoms with Crippen LogP contribution in [0.1, 0.15) is 40.7 Å². The van der Waals surface area contributed by atoms with Crippen LogP contribution in [0.4, 0.5) is 0 Å². The second kappa shape index (κ2) is 7.41. The quantitative estimate of drug-likeness (QED) is 0.571. The summed E-state index contributed by atoms with van der Waals surface area (Å²) in [7, 11) is 0. The highest BCUT2D eigenvalue weighted by molar-refractivity contribution is 7.11. The Kier molecular flexibility index (Phi) is 5.06. The van der Waals surface area contributed by atoms with Crippen molar-refractivity contribution in [2.24, 2.45) is 0 Å². The fourth-order valence-corrected chi connectivity index (χ4v) is 3.05. The molecule has 24 heavy (non-hydrogen) atoms.